The van der Waals surface area contributed by atoms with E-state index in [1.807, 2.05) is 18.2 Å². The Balaban J connectivity index is 2.26. The first-order valence-electron chi connectivity index (χ1n) is 7.06. The van der Waals surface area contributed by atoms with Crippen molar-refractivity contribution in [2.24, 2.45) is 0 Å². The van der Waals surface area contributed by atoms with Crippen LogP contribution in [0.4, 0.5) is 4.39 Å². The molecule has 112 valence electrons. The molecule has 0 fully saturated rings. The first-order valence-corrected chi connectivity index (χ1v) is 7.85. The zero-order valence-electron chi connectivity index (χ0n) is 12.2. The summed E-state index contributed by atoms with van der Waals surface area (Å²) >= 11 is 3.45. The molecule has 0 spiro atoms. The summed E-state index contributed by atoms with van der Waals surface area (Å²) in [5.74, 6) is 0.921. The highest BCUT2D eigenvalue weighted by Crippen LogP contribution is 2.32. The van der Waals surface area contributed by atoms with Crippen LogP contribution in [0.3, 0.4) is 0 Å². The highest BCUT2D eigenvalue weighted by atomic mass is 79.9. The molecular formula is C17H19BrFNO. The zero-order chi connectivity index (χ0) is 15.2. The quantitative estimate of drug-likeness (QED) is 0.747. The van der Waals surface area contributed by atoms with E-state index in [9.17, 15) is 4.39 Å². The summed E-state index contributed by atoms with van der Waals surface area (Å²) in [4.78, 5) is 0. The van der Waals surface area contributed by atoms with Gasteiger partial charge in [-0.1, -0.05) is 35.0 Å². The second kappa shape index (κ2) is 7.57. The third-order valence-electron chi connectivity index (χ3n) is 3.17. The fourth-order valence-corrected chi connectivity index (χ4v) is 2.42. The van der Waals surface area contributed by atoms with Crippen molar-refractivity contribution in [3.63, 3.8) is 0 Å². The van der Waals surface area contributed by atoms with Gasteiger partial charge >= 0.3 is 0 Å². The number of benzene rings is 2. The number of ether oxygens (including phenoxy) is 1. The van der Waals surface area contributed by atoms with Crippen LogP contribution in [0.15, 0.2) is 46.9 Å². The molecule has 0 saturated carbocycles. The molecule has 4 heteroatoms. The van der Waals surface area contributed by atoms with Gasteiger partial charge in [-0.25, -0.2) is 4.39 Å². The minimum atomic E-state index is -0.304. The molecule has 1 atom stereocenters. The Morgan fingerprint density at radius 1 is 1.24 bits per heavy atom. The molecular weight excluding hydrogens is 333 g/mol. The molecule has 1 N–H and O–H groups in total. The van der Waals surface area contributed by atoms with E-state index in [0.717, 1.165) is 28.8 Å². The van der Waals surface area contributed by atoms with E-state index in [4.69, 9.17) is 4.74 Å². The van der Waals surface area contributed by atoms with E-state index in [2.05, 4.69) is 35.1 Å². The van der Waals surface area contributed by atoms with Crippen molar-refractivity contribution in [2.75, 3.05) is 6.54 Å². The lowest BCUT2D eigenvalue weighted by atomic mass is 10.1. The first-order chi connectivity index (χ1) is 10.1. The van der Waals surface area contributed by atoms with E-state index in [-0.39, 0.29) is 11.9 Å². The molecule has 0 aliphatic carbocycles. The molecule has 2 nitrogen and oxygen atoms in total. The van der Waals surface area contributed by atoms with Crippen molar-refractivity contribution in [2.45, 2.75) is 26.3 Å². The van der Waals surface area contributed by atoms with Gasteiger partial charge in [0.05, 0.1) is 0 Å². The Morgan fingerprint density at radius 3 is 2.76 bits per heavy atom. The molecule has 0 saturated heterocycles. The van der Waals surface area contributed by atoms with Crippen LogP contribution < -0.4 is 10.1 Å². The van der Waals surface area contributed by atoms with Crippen molar-refractivity contribution in [1.29, 1.82) is 0 Å². The maximum Gasteiger partial charge on any atom is 0.133 e. The highest BCUT2D eigenvalue weighted by Gasteiger charge is 2.12. The lowest BCUT2D eigenvalue weighted by Gasteiger charge is -2.18. The van der Waals surface area contributed by atoms with Crippen LogP contribution in [-0.4, -0.2) is 6.54 Å². The highest BCUT2D eigenvalue weighted by molar-refractivity contribution is 9.10. The lowest BCUT2D eigenvalue weighted by Crippen LogP contribution is -2.19. The minimum Gasteiger partial charge on any atom is -0.457 e. The minimum absolute atomic E-state index is 0.168. The SMILES string of the molecule is CCCNC(C)c1ccc(Br)cc1Oc1cccc(F)c1. The Bertz CT molecular complexity index is 603. The number of hydrogen-bond donors (Lipinski definition) is 1. The summed E-state index contributed by atoms with van der Waals surface area (Å²) in [6, 6.07) is 12.3. The zero-order valence-corrected chi connectivity index (χ0v) is 13.8. The molecule has 1 unspecified atom stereocenters. The molecule has 2 rings (SSSR count). The van der Waals surface area contributed by atoms with Gasteiger partial charge in [0.1, 0.15) is 17.3 Å². The third-order valence-corrected chi connectivity index (χ3v) is 3.66. The smallest absolute Gasteiger partial charge is 0.133 e. The normalized spacial score (nSPS) is 12.2. The average molecular weight is 352 g/mol. The van der Waals surface area contributed by atoms with E-state index in [1.54, 1.807) is 12.1 Å². The second-order valence-corrected chi connectivity index (χ2v) is 5.83. The molecule has 0 heterocycles. The van der Waals surface area contributed by atoms with Crippen LogP contribution in [0.2, 0.25) is 0 Å². The molecule has 0 aliphatic heterocycles. The van der Waals surface area contributed by atoms with Crippen molar-refractivity contribution in [1.82, 2.24) is 5.32 Å². The summed E-state index contributed by atoms with van der Waals surface area (Å²) in [5.41, 5.74) is 1.05. The van der Waals surface area contributed by atoms with Crippen LogP contribution >= 0.6 is 15.9 Å². The van der Waals surface area contributed by atoms with Gasteiger partial charge in [-0.05, 0) is 44.2 Å². The standard InChI is InChI=1S/C17H19BrFNO/c1-3-9-20-12(2)16-8-7-13(18)10-17(16)21-15-6-4-5-14(19)11-15/h4-8,10-12,20H,3,9H2,1-2H3. The predicted octanol–water partition coefficient (Wildman–Crippen LogP) is 5.44. The van der Waals surface area contributed by atoms with Gasteiger partial charge in [0.2, 0.25) is 0 Å². The molecule has 2 aromatic carbocycles. The Morgan fingerprint density at radius 2 is 2.05 bits per heavy atom. The van der Waals surface area contributed by atoms with E-state index < -0.39 is 0 Å². The molecule has 0 aromatic heterocycles. The summed E-state index contributed by atoms with van der Waals surface area (Å²) in [6.07, 6.45) is 1.07. The van der Waals surface area contributed by atoms with E-state index in [0.29, 0.717) is 5.75 Å². The summed E-state index contributed by atoms with van der Waals surface area (Å²) in [6.45, 7) is 5.17. The maximum atomic E-state index is 13.3. The monoisotopic (exact) mass is 351 g/mol. The Hall–Kier alpha value is -1.39. The predicted molar refractivity (Wildman–Crippen MR) is 87.3 cm³/mol. The van der Waals surface area contributed by atoms with Crippen LogP contribution in [0.5, 0.6) is 11.5 Å². The fraction of sp³-hybridized carbons (Fsp3) is 0.294. The van der Waals surface area contributed by atoms with Gasteiger partial charge in [0.25, 0.3) is 0 Å². The summed E-state index contributed by atoms with van der Waals surface area (Å²) in [7, 11) is 0. The van der Waals surface area contributed by atoms with Crippen molar-refractivity contribution in [3.05, 3.63) is 58.3 Å². The summed E-state index contributed by atoms with van der Waals surface area (Å²) < 4.78 is 20.1. The van der Waals surface area contributed by atoms with Gasteiger partial charge in [0.15, 0.2) is 0 Å². The van der Waals surface area contributed by atoms with Crippen LogP contribution in [0, 0.1) is 5.82 Å². The van der Waals surface area contributed by atoms with E-state index in [1.165, 1.54) is 12.1 Å². The first kappa shape index (κ1) is 16.0. The number of rotatable bonds is 6. The van der Waals surface area contributed by atoms with Gasteiger partial charge in [-0.3, -0.25) is 0 Å². The van der Waals surface area contributed by atoms with Crippen molar-refractivity contribution < 1.29 is 9.13 Å². The van der Waals surface area contributed by atoms with Gasteiger partial charge in [-0.2, -0.15) is 0 Å². The number of hydrogen-bond acceptors (Lipinski definition) is 2. The van der Waals surface area contributed by atoms with Crippen LogP contribution in [-0.2, 0) is 0 Å². The van der Waals surface area contributed by atoms with Gasteiger partial charge in [0, 0.05) is 22.1 Å². The number of nitrogens with one attached hydrogen (secondary N) is 1. The Kier molecular flexibility index (Phi) is 5.76. The maximum absolute atomic E-state index is 13.3. The molecule has 0 radical (unpaired) electrons. The molecule has 0 bridgehead atoms. The molecule has 2 aromatic rings. The van der Waals surface area contributed by atoms with E-state index >= 15 is 0 Å². The average Bonchev–Trinajstić information content (AvgIpc) is 2.45. The molecule has 0 aliphatic rings. The largest absolute Gasteiger partial charge is 0.457 e. The Labute approximate surface area is 133 Å². The van der Waals surface area contributed by atoms with Crippen molar-refractivity contribution >= 4 is 15.9 Å². The molecule has 21 heavy (non-hydrogen) atoms. The molecule has 0 amide bonds. The third kappa shape index (κ3) is 4.55. The number of halogens is 2. The van der Waals surface area contributed by atoms with Crippen molar-refractivity contribution in [3.8, 4) is 11.5 Å². The van der Waals surface area contributed by atoms with Crippen LogP contribution in [0.1, 0.15) is 31.9 Å². The van der Waals surface area contributed by atoms with Gasteiger partial charge < -0.3 is 10.1 Å². The lowest BCUT2D eigenvalue weighted by molar-refractivity contribution is 0.456. The summed E-state index contributed by atoms with van der Waals surface area (Å²) in [5, 5.41) is 3.44. The van der Waals surface area contributed by atoms with Crippen LogP contribution in [0.25, 0.3) is 0 Å². The van der Waals surface area contributed by atoms with Gasteiger partial charge in [-0.15, -0.1) is 0 Å². The topological polar surface area (TPSA) is 21.3 Å². The fourth-order valence-electron chi connectivity index (χ4n) is 2.08. The second-order valence-electron chi connectivity index (χ2n) is 4.92.